The van der Waals surface area contributed by atoms with Crippen LogP contribution >= 0.6 is 0 Å². The molecule has 4 nitrogen and oxygen atoms in total. The zero-order valence-corrected chi connectivity index (χ0v) is 7.66. The van der Waals surface area contributed by atoms with Gasteiger partial charge in [-0.1, -0.05) is 6.92 Å². The van der Waals surface area contributed by atoms with Crippen molar-refractivity contribution < 1.29 is 9.57 Å². The maximum atomic E-state index is 5.48. The molecule has 0 saturated carbocycles. The predicted octanol–water partition coefficient (Wildman–Crippen LogP) is -0.0125. The second kappa shape index (κ2) is 5.48. The smallest absolute Gasteiger partial charge is 0.0807 e. The minimum atomic E-state index is 0.330. The van der Waals surface area contributed by atoms with E-state index >= 15 is 0 Å². The largest absolute Gasteiger partial charge is 0.375 e. The molecule has 1 aliphatic rings. The first-order chi connectivity index (χ1) is 5.86. The Kier molecular flexibility index (Phi) is 4.53. The third-order valence-corrected chi connectivity index (χ3v) is 1.95. The van der Waals surface area contributed by atoms with Crippen molar-refractivity contribution in [3.05, 3.63) is 0 Å². The predicted molar refractivity (Wildman–Crippen MR) is 46.6 cm³/mol. The quantitative estimate of drug-likeness (QED) is 0.651. The summed E-state index contributed by atoms with van der Waals surface area (Å²) < 4.78 is 5.48. The molecule has 1 unspecified atom stereocenters. The van der Waals surface area contributed by atoms with E-state index in [9.17, 15) is 0 Å². The molecule has 72 valence electrons. The fourth-order valence-corrected chi connectivity index (χ4v) is 1.24. The molecule has 4 heteroatoms. The summed E-state index contributed by atoms with van der Waals surface area (Å²) in [7, 11) is 0. The number of hydrogen-bond acceptors (Lipinski definition) is 4. The molecular weight excluding hydrogens is 156 g/mol. The SMILES string of the molecule is CCC1CN(OCCN)CCO1. The summed E-state index contributed by atoms with van der Waals surface area (Å²) in [6, 6.07) is 0. The molecule has 0 aliphatic carbocycles. The Labute approximate surface area is 73.6 Å². The summed E-state index contributed by atoms with van der Waals surface area (Å²) in [5.74, 6) is 0. The summed E-state index contributed by atoms with van der Waals surface area (Å²) >= 11 is 0. The Morgan fingerprint density at radius 1 is 1.67 bits per heavy atom. The summed E-state index contributed by atoms with van der Waals surface area (Å²) in [5.41, 5.74) is 5.33. The van der Waals surface area contributed by atoms with Crippen LogP contribution in [0.3, 0.4) is 0 Å². The number of nitrogens with zero attached hydrogens (tertiary/aromatic N) is 1. The monoisotopic (exact) mass is 174 g/mol. The van der Waals surface area contributed by atoms with E-state index in [-0.39, 0.29) is 0 Å². The van der Waals surface area contributed by atoms with Crippen LogP contribution in [-0.2, 0) is 9.57 Å². The van der Waals surface area contributed by atoms with Gasteiger partial charge in [0, 0.05) is 13.1 Å². The van der Waals surface area contributed by atoms with Gasteiger partial charge in [-0.25, -0.2) is 0 Å². The first kappa shape index (κ1) is 9.92. The number of morpholine rings is 1. The standard InChI is InChI=1S/C8H18N2O2/c1-2-8-7-10(4-6-11-8)12-5-3-9/h8H,2-7,9H2,1H3. The van der Waals surface area contributed by atoms with Crippen molar-refractivity contribution in [2.45, 2.75) is 19.4 Å². The highest BCUT2D eigenvalue weighted by molar-refractivity contribution is 4.64. The minimum absolute atomic E-state index is 0.330. The van der Waals surface area contributed by atoms with E-state index in [0.29, 0.717) is 19.3 Å². The Hall–Kier alpha value is -0.160. The molecule has 0 aromatic carbocycles. The number of hydroxylamine groups is 2. The van der Waals surface area contributed by atoms with Crippen LogP contribution in [0.4, 0.5) is 0 Å². The van der Waals surface area contributed by atoms with Crippen LogP contribution < -0.4 is 5.73 Å². The van der Waals surface area contributed by atoms with E-state index in [1.54, 1.807) is 0 Å². The number of rotatable bonds is 4. The fraction of sp³-hybridized carbons (Fsp3) is 1.00. The third-order valence-electron chi connectivity index (χ3n) is 1.95. The van der Waals surface area contributed by atoms with Crippen molar-refractivity contribution in [1.29, 1.82) is 0 Å². The molecule has 0 spiro atoms. The van der Waals surface area contributed by atoms with Crippen molar-refractivity contribution in [2.24, 2.45) is 5.73 Å². The number of ether oxygens (including phenoxy) is 1. The van der Waals surface area contributed by atoms with Crippen LogP contribution in [0.5, 0.6) is 0 Å². The molecule has 1 atom stereocenters. The maximum absolute atomic E-state index is 5.48. The van der Waals surface area contributed by atoms with Crippen molar-refractivity contribution in [3.8, 4) is 0 Å². The van der Waals surface area contributed by atoms with Gasteiger partial charge in [0.05, 0.1) is 25.9 Å². The molecule has 1 fully saturated rings. The van der Waals surface area contributed by atoms with Crippen LogP contribution in [0, 0.1) is 0 Å². The lowest BCUT2D eigenvalue weighted by Gasteiger charge is -2.31. The van der Waals surface area contributed by atoms with E-state index in [1.807, 2.05) is 5.06 Å². The van der Waals surface area contributed by atoms with Crippen molar-refractivity contribution in [1.82, 2.24) is 5.06 Å². The third kappa shape index (κ3) is 3.06. The highest BCUT2D eigenvalue weighted by atomic mass is 16.7. The highest BCUT2D eigenvalue weighted by Crippen LogP contribution is 2.07. The zero-order valence-electron chi connectivity index (χ0n) is 7.66. The zero-order chi connectivity index (χ0) is 8.81. The van der Waals surface area contributed by atoms with Gasteiger partial charge in [-0.15, -0.1) is 0 Å². The van der Waals surface area contributed by atoms with Crippen LogP contribution in [0.2, 0.25) is 0 Å². The van der Waals surface area contributed by atoms with E-state index < -0.39 is 0 Å². The fourth-order valence-electron chi connectivity index (χ4n) is 1.24. The minimum Gasteiger partial charge on any atom is -0.375 e. The molecule has 0 radical (unpaired) electrons. The molecule has 0 aromatic rings. The van der Waals surface area contributed by atoms with E-state index in [0.717, 1.165) is 26.1 Å². The van der Waals surface area contributed by atoms with Crippen LogP contribution in [-0.4, -0.2) is 44.0 Å². The number of hydrogen-bond donors (Lipinski definition) is 1. The van der Waals surface area contributed by atoms with Gasteiger partial charge in [-0.2, -0.15) is 5.06 Å². The van der Waals surface area contributed by atoms with Gasteiger partial charge >= 0.3 is 0 Å². The van der Waals surface area contributed by atoms with E-state index in [1.165, 1.54) is 0 Å². The molecule has 1 heterocycles. The Balaban J connectivity index is 2.16. The van der Waals surface area contributed by atoms with Gasteiger partial charge in [0.25, 0.3) is 0 Å². The van der Waals surface area contributed by atoms with Crippen molar-refractivity contribution in [3.63, 3.8) is 0 Å². The van der Waals surface area contributed by atoms with Crippen molar-refractivity contribution >= 4 is 0 Å². The van der Waals surface area contributed by atoms with Gasteiger partial charge in [-0.3, -0.25) is 4.84 Å². The molecule has 0 amide bonds. The maximum Gasteiger partial charge on any atom is 0.0807 e. The van der Waals surface area contributed by atoms with Gasteiger partial charge in [0.15, 0.2) is 0 Å². The van der Waals surface area contributed by atoms with Crippen LogP contribution in [0.1, 0.15) is 13.3 Å². The lowest BCUT2D eigenvalue weighted by Crippen LogP contribution is -2.42. The summed E-state index contributed by atoms with van der Waals surface area (Å²) in [6.45, 7) is 5.80. The summed E-state index contributed by atoms with van der Waals surface area (Å²) in [6.07, 6.45) is 1.37. The summed E-state index contributed by atoms with van der Waals surface area (Å²) in [4.78, 5) is 5.39. The van der Waals surface area contributed by atoms with Gasteiger partial charge in [0.1, 0.15) is 0 Å². The second-order valence-corrected chi connectivity index (χ2v) is 2.91. The molecule has 0 aromatic heterocycles. The Bertz CT molecular complexity index is 122. The molecular formula is C8H18N2O2. The Morgan fingerprint density at radius 3 is 3.17 bits per heavy atom. The lowest BCUT2D eigenvalue weighted by molar-refractivity contribution is -0.209. The van der Waals surface area contributed by atoms with Crippen molar-refractivity contribution in [2.75, 3.05) is 32.8 Å². The van der Waals surface area contributed by atoms with E-state index in [2.05, 4.69) is 6.92 Å². The average Bonchev–Trinajstić information content (AvgIpc) is 2.15. The van der Waals surface area contributed by atoms with Crippen LogP contribution in [0.15, 0.2) is 0 Å². The Morgan fingerprint density at radius 2 is 2.50 bits per heavy atom. The number of nitrogens with two attached hydrogens (primary N) is 1. The first-order valence-electron chi connectivity index (χ1n) is 4.56. The van der Waals surface area contributed by atoms with Gasteiger partial charge in [-0.05, 0) is 6.42 Å². The molecule has 0 bridgehead atoms. The molecule has 1 saturated heterocycles. The normalized spacial score (nSPS) is 26.0. The molecule has 1 rings (SSSR count). The second-order valence-electron chi connectivity index (χ2n) is 2.91. The van der Waals surface area contributed by atoms with E-state index in [4.69, 9.17) is 15.3 Å². The molecule has 1 aliphatic heterocycles. The first-order valence-corrected chi connectivity index (χ1v) is 4.56. The molecule has 2 N–H and O–H groups in total. The topological polar surface area (TPSA) is 47.7 Å². The average molecular weight is 174 g/mol. The van der Waals surface area contributed by atoms with Gasteiger partial charge in [0.2, 0.25) is 0 Å². The summed E-state index contributed by atoms with van der Waals surface area (Å²) in [5, 5.41) is 1.95. The highest BCUT2D eigenvalue weighted by Gasteiger charge is 2.18. The van der Waals surface area contributed by atoms with Crippen LogP contribution in [0.25, 0.3) is 0 Å². The lowest BCUT2D eigenvalue weighted by atomic mass is 10.2. The van der Waals surface area contributed by atoms with Gasteiger partial charge < -0.3 is 10.5 Å². The molecule has 12 heavy (non-hydrogen) atoms.